The zero-order valence-corrected chi connectivity index (χ0v) is 16.5. The smallest absolute Gasteiger partial charge is 0.213 e. The fourth-order valence-corrected chi connectivity index (χ4v) is 3.23. The molecule has 1 heterocycles. The maximum absolute atomic E-state index is 6.55. The normalized spacial score (nSPS) is 12.8. The predicted molar refractivity (Wildman–Crippen MR) is 116 cm³/mol. The molecule has 2 atom stereocenters. The zero-order valence-electron chi connectivity index (χ0n) is 15.7. The van der Waals surface area contributed by atoms with E-state index in [1.807, 2.05) is 78.9 Å². The van der Waals surface area contributed by atoms with Gasteiger partial charge in [-0.25, -0.2) is 4.98 Å². The van der Waals surface area contributed by atoms with Crippen molar-refractivity contribution in [1.82, 2.24) is 4.98 Å². The van der Waals surface area contributed by atoms with Gasteiger partial charge in [-0.05, 0) is 5.56 Å². The van der Waals surface area contributed by atoms with Gasteiger partial charge < -0.3 is 10.2 Å². The number of hydrogen-bond donors (Lipinski definition) is 1. The average molecular weight is 391 g/mol. The zero-order chi connectivity index (χ0) is 18.6. The highest BCUT2D eigenvalue weighted by atomic mass is 35.5. The van der Waals surface area contributed by atoms with Crippen molar-refractivity contribution in [2.24, 2.45) is 5.73 Å². The van der Waals surface area contributed by atoms with Gasteiger partial charge in [-0.15, -0.1) is 12.4 Å². The van der Waals surface area contributed by atoms with Crippen LogP contribution in [0.3, 0.4) is 0 Å². The summed E-state index contributed by atoms with van der Waals surface area (Å²) in [4.78, 5) is 4.81. The van der Waals surface area contributed by atoms with Crippen LogP contribution in [0.5, 0.6) is 0 Å². The summed E-state index contributed by atoms with van der Waals surface area (Å²) in [5.41, 5.74) is 10.6. The summed E-state index contributed by atoms with van der Waals surface area (Å²) in [6.07, 6.45) is 0. The molecule has 0 aliphatic carbocycles. The Balaban J connectivity index is 0.00000225. The van der Waals surface area contributed by atoms with E-state index in [9.17, 15) is 0 Å². The molecule has 2 N–H and O–H groups in total. The second kappa shape index (κ2) is 8.87. The number of hydrogen-bond acceptors (Lipinski definition) is 3. The molecule has 0 bridgehead atoms. The van der Waals surface area contributed by atoms with Crippen molar-refractivity contribution in [1.29, 1.82) is 0 Å². The van der Waals surface area contributed by atoms with Crippen LogP contribution in [0.25, 0.3) is 22.6 Å². The summed E-state index contributed by atoms with van der Waals surface area (Å²) < 4.78 is 6.22. The molecule has 28 heavy (non-hydrogen) atoms. The Labute approximate surface area is 171 Å². The predicted octanol–water partition coefficient (Wildman–Crippen LogP) is 6.23. The lowest BCUT2D eigenvalue weighted by atomic mass is 9.94. The summed E-state index contributed by atoms with van der Waals surface area (Å²) >= 11 is 0. The molecule has 0 aliphatic rings. The van der Waals surface area contributed by atoms with Crippen molar-refractivity contribution < 1.29 is 4.42 Å². The van der Waals surface area contributed by atoms with Crippen molar-refractivity contribution in [3.8, 4) is 22.6 Å². The summed E-state index contributed by atoms with van der Waals surface area (Å²) in [7, 11) is 0. The van der Waals surface area contributed by atoms with Crippen molar-refractivity contribution in [2.75, 3.05) is 0 Å². The average Bonchev–Trinajstić information content (AvgIpc) is 3.20. The number of aromatic nitrogens is 1. The molecular formula is C24H23ClN2O. The van der Waals surface area contributed by atoms with Gasteiger partial charge in [0.2, 0.25) is 5.89 Å². The summed E-state index contributed by atoms with van der Waals surface area (Å²) in [6.45, 7) is 2.11. The van der Waals surface area contributed by atoms with Crippen LogP contribution >= 0.6 is 12.4 Å². The SMILES string of the molecule is CC(c1ccccc1)C(N)c1nc(-c2ccccc2)c(-c2ccccc2)o1.Cl. The van der Waals surface area contributed by atoms with E-state index in [4.69, 9.17) is 15.1 Å². The fourth-order valence-electron chi connectivity index (χ4n) is 3.23. The molecule has 0 fully saturated rings. The van der Waals surface area contributed by atoms with Gasteiger partial charge in [0.25, 0.3) is 0 Å². The minimum Gasteiger partial charge on any atom is -0.438 e. The molecule has 0 spiro atoms. The summed E-state index contributed by atoms with van der Waals surface area (Å²) in [6, 6.07) is 30.0. The highest BCUT2D eigenvalue weighted by molar-refractivity contribution is 5.85. The van der Waals surface area contributed by atoms with Crippen LogP contribution in [0, 0.1) is 0 Å². The Morgan fingerprint density at radius 1 is 0.750 bits per heavy atom. The van der Waals surface area contributed by atoms with Gasteiger partial charge in [-0.1, -0.05) is 97.9 Å². The van der Waals surface area contributed by atoms with Gasteiger partial charge >= 0.3 is 0 Å². The van der Waals surface area contributed by atoms with Crippen molar-refractivity contribution in [3.63, 3.8) is 0 Å². The lowest BCUT2D eigenvalue weighted by Crippen LogP contribution is -2.18. The molecule has 0 radical (unpaired) electrons. The fraction of sp³-hybridized carbons (Fsp3) is 0.125. The van der Waals surface area contributed by atoms with Gasteiger partial charge in [-0.2, -0.15) is 0 Å². The number of nitrogens with two attached hydrogens (primary N) is 1. The minimum absolute atomic E-state index is 0. The maximum Gasteiger partial charge on any atom is 0.213 e. The molecular weight excluding hydrogens is 368 g/mol. The van der Waals surface area contributed by atoms with E-state index < -0.39 is 0 Å². The molecule has 0 amide bonds. The lowest BCUT2D eigenvalue weighted by Gasteiger charge is -2.17. The molecule has 3 nitrogen and oxygen atoms in total. The monoisotopic (exact) mass is 390 g/mol. The number of halogens is 1. The quantitative estimate of drug-likeness (QED) is 0.439. The first-order chi connectivity index (χ1) is 13.2. The van der Waals surface area contributed by atoms with Gasteiger partial charge in [0.05, 0.1) is 6.04 Å². The van der Waals surface area contributed by atoms with Crippen LogP contribution in [0.1, 0.15) is 30.3 Å². The molecule has 2 unspecified atom stereocenters. The van der Waals surface area contributed by atoms with Gasteiger partial charge in [0.15, 0.2) is 5.76 Å². The molecule has 4 aromatic rings. The van der Waals surface area contributed by atoms with E-state index in [1.165, 1.54) is 5.56 Å². The Hall–Kier alpha value is -2.88. The van der Waals surface area contributed by atoms with E-state index in [0.717, 1.165) is 22.6 Å². The van der Waals surface area contributed by atoms with E-state index in [-0.39, 0.29) is 24.4 Å². The topological polar surface area (TPSA) is 52.0 Å². The van der Waals surface area contributed by atoms with E-state index in [2.05, 4.69) is 19.1 Å². The molecule has 1 aromatic heterocycles. The third kappa shape index (κ3) is 4.01. The minimum atomic E-state index is -0.327. The Bertz CT molecular complexity index is 944. The first-order valence-electron chi connectivity index (χ1n) is 9.16. The highest BCUT2D eigenvalue weighted by Crippen LogP contribution is 2.36. The summed E-state index contributed by atoms with van der Waals surface area (Å²) in [5, 5.41) is 0. The van der Waals surface area contributed by atoms with Crippen molar-refractivity contribution >= 4 is 12.4 Å². The Morgan fingerprint density at radius 3 is 1.82 bits per heavy atom. The molecule has 0 aliphatic heterocycles. The third-order valence-corrected chi connectivity index (χ3v) is 4.88. The third-order valence-electron chi connectivity index (χ3n) is 4.88. The molecule has 0 saturated carbocycles. The molecule has 142 valence electrons. The van der Waals surface area contributed by atoms with Crippen LogP contribution in [0.4, 0.5) is 0 Å². The first kappa shape index (κ1) is 19.9. The summed E-state index contributed by atoms with van der Waals surface area (Å²) in [5.74, 6) is 1.41. The Morgan fingerprint density at radius 2 is 1.25 bits per heavy atom. The second-order valence-electron chi connectivity index (χ2n) is 6.69. The number of oxazole rings is 1. The van der Waals surface area contributed by atoms with Crippen molar-refractivity contribution in [3.05, 3.63) is 102 Å². The largest absolute Gasteiger partial charge is 0.438 e. The highest BCUT2D eigenvalue weighted by Gasteiger charge is 2.25. The molecule has 0 saturated heterocycles. The molecule has 4 rings (SSSR count). The van der Waals surface area contributed by atoms with E-state index in [0.29, 0.717) is 5.89 Å². The van der Waals surface area contributed by atoms with Crippen LogP contribution in [-0.4, -0.2) is 4.98 Å². The van der Waals surface area contributed by atoms with Crippen LogP contribution in [-0.2, 0) is 0 Å². The standard InChI is InChI=1S/C24H22N2O.ClH/c1-17(18-11-5-2-6-12-18)21(25)24-26-22(19-13-7-3-8-14-19)23(27-24)20-15-9-4-10-16-20;/h2-17,21H,25H2,1H3;1H. The van der Waals surface area contributed by atoms with Gasteiger partial charge in [0.1, 0.15) is 5.69 Å². The van der Waals surface area contributed by atoms with E-state index in [1.54, 1.807) is 0 Å². The number of benzene rings is 3. The molecule has 4 heteroatoms. The lowest BCUT2D eigenvalue weighted by molar-refractivity contribution is 0.427. The van der Waals surface area contributed by atoms with E-state index >= 15 is 0 Å². The number of nitrogens with zero attached hydrogens (tertiary/aromatic N) is 1. The van der Waals surface area contributed by atoms with Crippen LogP contribution in [0.15, 0.2) is 95.4 Å². The molecule has 3 aromatic carbocycles. The first-order valence-corrected chi connectivity index (χ1v) is 9.16. The van der Waals surface area contributed by atoms with Crippen LogP contribution in [0.2, 0.25) is 0 Å². The van der Waals surface area contributed by atoms with Crippen LogP contribution < -0.4 is 5.73 Å². The second-order valence-corrected chi connectivity index (χ2v) is 6.69. The number of rotatable bonds is 5. The Kier molecular flexibility index (Phi) is 6.30. The van der Waals surface area contributed by atoms with Gasteiger partial charge in [0, 0.05) is 17.0 Å². The van der Waals surface area contributed by atoms with Crippen molar-refractivity contribution in [2.45, 2.75) is 18.9 Å². The van der Waals surface area contributed by atoms with Gasteiger partial charge in [-0.3, -0.25) is 0 Å². The maximum atomic E-state index is 6.55.